The van der Waals surface area contributed by atoms with E-state index in [1.54, 1.807) is 30.5 Å². The number of hydrogen-bond donors (Lipinski definition) is 0. The molecule has 1 aliphatic rings. The normalized spacial score (nSPS) is 17.8. The van der Waals surface area contributed by atoms with E-state index in [0.717, 1.165) is 33.7 Å². The van der Waals surface area contributed by atoms with Crippen LogP contribution in [0.25, 0.3) is 0 Å². The van der Waals surface area contributed by atoms with Crippen LogP contribution in [0.15, 0.2) is 58.0 Å². The molecule has 0 radical (unpaired) electrons. The minimum absolute atomic E-state index is 0.299. The van der Waals surface area contributed by atoms with Crippen molar-refractivity contribution in [3.8, 4) is 5.75 Å². The van der Waals surface area contributed by atoms with E-state index < -0.39 is 5.97 Å². The number of aromatic nitrogens is 3. The van der Waals surface area contributed by atoms with E-state index in [0.29, 0.717) is 30.0 Å². The molecule has 0 N–H and O–H groups in total. The van der Waals surface area contributed by atoms with Crippen LogP contribution in [-0.2, 0) is 11.3 Å². The van der Waals surface area contributed by atoms with Crippen LogP contribution in [-0.4, -0.2) is 39.9 Å². The number of carbonyl (C=O) groups excluding carboxylic acids is 1. The predicted octanol–water partition coefficient (Wildman–Crippen LogP) is 5.31. The minimum atomic E-state index is -0.422. The molecule has 3 aromatic rings. The third-order valence-electron chi connectivity index (χ3n) is 5.36. The lowest BCUT2D eigenvalue weighted by Gasteiger charge is -2.35. The van der Waals surface area contributed by atoms with Gasteiger partial charge in [-0.1, -0.05) is 45.4 Å². The third-order valence-corrected chi connectivity index (χ3v) is 7.24. The van der Waals surface area contributed by atoms with Crippen molar-refractivity contribution in [3.05, 3.63) is 69.8 Å². The molecule has 1 aliphatic carbocycles. The lowest BCUT2D eigenvalue weighted by atomic mass is 9.79. The van der Waals surface area contributed by atoms with Crippen molar-refractivity contribution in [3.63, 3.8) is 0 Å². The van der Waals surface area contributed by atoms with E-state index in [-0.39, 0.29) is 0 Å². The monoisotopic (exact) mass is 501 g/mol. The van der Waals surface area contributed by atoms with Gasteiger partial charge in [-0.2, -0.15) is 0 Å². The third kappa shape index (κ3) is 5.13. The Bertz CT molecular complexity index is 1030. The molecule has 162 valence electrons. The number of nitrogens with zero attached hydrogens (tertiary/aromatic N) is 3. The summed E-state index contributed by atoms with van der Waals surface area (Å²) in [6, 6.07) is 16.3. The zero-order chi connectivity index (χ0) is 21.8. The van der Waals surface area contributed by atoms with Gasteiger partial charge in [-0.05, 0) is 61.1 Å². The van der Waals surface area contributed by atoms with Gasteiger partial charge in [0, 0.05) is 9.72 Å². The fourth-order valence-corrected chi connectivity index (χ4v) is 5.28. The van der Waals surface area contributed by atoms with Crippen molar-refractivity contribution in [1.29, 1.82) is 0 Å². The highest BCUT2D eigenvalue weighted by molar-refractivity contribution is 9.10. The number of ether oxygens (including phenoxy) is 2. The van der Waals surface area contributed by atoms with Crippen molar-refractivity contribution >= 4 is 33.7 Å². The number of carbonyl (C=O) groups is 1. The van der Waals surface area contributed by atoms with Crippen LogP contribution in [0.1, 0.15) is 47.3 Å². The number of methoxy groups -OCH3 is 1. The topological polar surface area (TPSA) is 66.2 Å². The Balaban J connectivity index is 1.49. The van der Waals surface area contributed by atoms with Crippen LogP contribution >= 0.6 is 27.7 Å². The standard InChI is InChI=1S/C23H24BrN3O3S/c1-3-30-23(28)21-22(27(26-25-21)14-15-4-10-19(29-2)11-5-15)31-20-12-17(13-20)16-6-8-18(24)9-7-16/h4-11,17,20H,3,12-14H2,1-2H3/t17-,20-. The average molecular weight is 502 g/mol. The molecule has 6 nitrogen and oxygen atoms in total. The lowest BCUT2D eigenvalue weighted by molar-refractivity contribution is 0.0515. The molecule has 1 aromatic heterocycles. The van der Waals surface area contributed by atoms with Crippen molar-refractivity contribution in [2.75, 3.05) is 13.7 Å². The highest BCUT2D eigenvalue weighted by atomic mass is 79.9. The van der Waals surface area contributed by atoms with Crippen LogP contribution in [0.4, 0.5) is 0 Å². The largest absolute Gasteiger partial charge is 0.497 e. The summed E-state index contributed by atoms with van der Waals surface area (Å²) in [5.41, 5.74) is 2.72. The van der Waals surface area contributed by atoms with Gasteiger partial charge in [0.05, 0.1) is 20.3 Å². The van der Waals surface area contributed by atoms with Crippen LogP contribution in [0.5, 0.6) is 5.75 Å². The fraction of sp³-hybridized carbons (Fsp3) is 0.348. The highest BCUT2D eigenvalue weighted by Crippen LogP contribution is 2.46. The summed E-state index contributed by atoms with van der Waals surface area (Å²) in [6.07, 6.45) is 2.12. The Morgan fingerprint density at radius 1 is 1.16 bits per heavy atom. The Morgan fingerprint density at radius 3 is 2.52 bits per heavy atom. The Morgan fingerprint density at radius 2 is 1.87 bits per heavy atom. The molecule has 0 saturated heterocycles. The average Bonchev–Trinajstić information content (AvgIpc) is 3.14. The van der Waals surface area contributed by atoms with Gasteiger partial charge in [-0.15, -0.1) is 16.9 Å². The first-order valence-electron chi connectivity index (χ1n) is 10.2. The molecule has 0 amide bonds. The Hall–Kier alpha value is -2.32. The maximum absolute atomic E-state index is 12.4. The summed E-state index contributed by atoms with van der Waals surface area (Å²) in [4.78, 5) is 12.4. The van der Waals surface area contributed by atoms with Gasteiger partial charge in [0.1, 0.15) is 10.8 Å². The molecular formula is C23H24BrN3O3S. The first-order chi connectivity index (χ1) is 15.1. The van der Waals surface area contributed by atoms with Crippen LogP contribution < -0.4 is 4.74 Å². The lowest BCUT2D eigenvalue weighted by Crippen LogP contribution is -2.25. The van der Waals surface area contributed by atoms with Gasteiger partial charge in [0.2, 0.25) is 5.69 Å². The molecular weight excluding hydrogens is 478 g/mol. The summed E-state index contributed by atoms with van der Waals surface area (Å²) in [5.74, 6) is 0.926. The molecule has 0 unspecified atom stereocenters. The van der Waals surface area contributed by atoms with Crippen molar-refractivity contribution in [1.82, 2.24) is 15.0 Å². The molecule has 0 atom stereocenters. The summed E-state index contributed by atoms with van der Waals surface area (Å²) in [6.45, 7) is 2.63. The van der Waals surface area contributed by atoms with Crippen LogP contribution in [0.3, 0.4) is 0 Å². The summed E-state index contributed by atoms with van der Waals surface area (Å²) in [7, 11) is 1.65. The Labute approximate surface area is 194 Å². The quantitative estimate of drug-likeness (QED) is 0.389. The second kappa shape index (κ2) is 9.87. The second-order valence-corrected chi connectivity index (χ2v) is 9.63. The van der Waals surface area contributed by atoms with Crippen molar-refractivity contribution < 1.29 is 14.3 Å². The zero-order valence-electron chi connectivity index (χ0n) is 17.5. The number of rotatable bonds is 8. The van der Waals surface area contributed by atoms with Crippen LogP contribution in [0, 0.1) is 0 Å². The van der Waals surface area contributed by atoms with E-state index in [1.807, 2.05) is 24.3 Å². The van der Waals surface area contributed by atoms with Crippen LogP contribution in [0.2, 0.25) is 0 Å². The molecule has 8 heteroatoms. The Kier molecular flexibility index (Phi) is 6.97. The van der Waals surface area contributed by atoms with Crippen molar-refractivity contribution in [2.45, 2.75) is 42.5 Å². The molecule has 2 aromatic carbocycles. The van der Waals surface area contributed by atoms with Crippen molar-refractivity contribution in [2.24, 2.45) is 0 Å². The van der Waals surface area contributed by atoms with Gasteiger partial charge >= 0.3 is 5.97 Å². The first kappa shape index (κ1) is 21.9. The van der Waals surface area contributed by atoms with E-state index in [2.05, 4.69) is 50.5 Å². The van der Waals surface area contributed by atoms with E-state index in [9.17, 15) is 4.79 Å². The van der Waals surface area contributed by atoms with E-state index in [1.165, 1.54) is 5.56 Å². The summed E-state index contributed by atoms with van der Waals surface area (Å²) in [5, 5.41) is 9.60. The zero-order valence-corrected chi connectivity index (χ0v) is 19.9. The summed E-state index contributed by atoms with van der Waals surface area (Å²) < 4.78 is 13.3. The number of hydrogen-bond acceptors (Lipinski definition) is 6. The molecule has 0 spiro atoms. The molecule has 0 bridgehead atoms. The van der Waals surface area contributed by atoms with E-state index in [4.69, 9.17) is 9.47 Å². The minimum Gasteiger partial charge on any atom is -0.497 e. The SMILES string of the molecule is CCOC(=O)c1nnn(Cc2ccc(OC)cc2)c1S[C@H]1C[C@H](c2ccc(Br)cc2)C1. The number of esters is 1. The molecule has 4 rings (SSSR count). The maximum Gasteiger partial charge on any atom is 0.361 e. The molecule has 1 saturated carbocycles. The molecule has 1 fully saturated rings. The van der Waals surface area contributed by atoms with Gasteiger partial charge < -0.3 is 9.47 Å². The number of benzene rings is 2. The van der Waals surface area contributed by atoms with Gasteiger partial charge in [0.25, 0.3) is 0 Å². The fourth-order valence-electron chi connectivity index (χ4n) is 3.58. The van der Waals surface area contributed by atoms with Gasteiger partial charge in [-0.3, -0.25) is 0 Å². The summed E-state index contributed by atoms with van der Waals surface area (Å²) >= 11 is 5.17. The van der Waals surface area contributed by atoms with Gasteiger partial charge in [-0.25, -0.2) is 9.48 Å². The molecule has 1 heterocycles. The van der Waals surface area contributed by atoms with E-state index >= 15 is 0 Å². The molecule has 0 aliphatic heterocycles. The molecule has 31 heavy (non-hydrogen) atoms. The first-order valence-corrected chi connectivity index (χ1v) is 11.9. The maximum atomic E-state index is 12.4. The predicted molar refractivity (Wildman–Crippen MR) is 124 cm³/mol. The smallest absolute Gasteiger partial charge is 0.361 e. The second-order valence-electron chi connectivity index (χ2n) is 7.43. The highest BCUT2D eigenvalue weighted by Gasteiger charge is 2.34. The number of halogens is 1. The van der Waals surface area contributed by atoms with Gasteiger partial charge in [0.15, 0.2) is 0 Å². The number of thioether (sulfide) groups is 1.